The monoisotopic (exact) mass is 444 g/mol. The lowest BCUT2D eigenvalue weighted by molar-refractivity contribution is 0.306. The van der Waals surface area contributed by atoms with Crippen molar-refractivity contribution in [2.45, 2.75) is 90.1 Å². The Morgan fingerprint density at radius 1 is 0.581 bits per heavy atom. The first kappa shape index (κ1) is 25.6. The summed E-state index contributed by atoms with van der Waals surface area (Å²) in [6, 6.07) is 20.5. The predicted molar refractivity (Wildman–Crippen MR) is 132 cm³/mol. The number of hydrogen-bond acceptors (Lipinski definition) is 2. The minimum atomic E-state index is -3.71. The number of benzene rings is 2. The van der Waals surface area contributed by atoms with Crippen LogP contribution in [0, 0.1) is 0 Å². The highest BCUT2D eigenvalue weighted by Gasteiger charge is 2.37. The molecule has 0 atom stereocenters. The Balaban J connectivity index is 2.10. The van der Waals surface area contributed by atoms with E-state index in [9.17, 15) is 8.42 Å². The highest BCUT2D eigenvalue weighted by atomic mass is 32.2. The molecule has 0 radical (unpaired) electrons. The summed E-state index contributed by atoms with van der Waals surface area (Å²) in [6.45, 7) is 16.4. The first-order valence-corrected chi connectivity index (χ1v) is 12.5. The van der Waals surface area contributed by atoms with E-state index < -0.39 is 21.3 Å². The molecule has 2 aromatic rings. The molecule has 0 aliphatic heterocycles. The summed E-state index contributed by atoms with van der Waals surface area (Å²) >= 11 is 0. The van der Waals surface area contributed by atoms with Crippen LogP contribution in [0.15, 0.2) is 60.7 Å². The van der Waals surface area contributed by atoms with Crippen LogP contribution in [0.1, 0.15) is 79.4 Å². The van der Waals surface area contributed by atoms with Crippen LogP contribution in [0.5, 0.6) is 0 Å². The molecule has 0 spiro atoms. The van der Waals surface area contributed by atoms with Crippen molar-refractivity contribution in [1.82, 2.24) is 9.44 Å². The molecule has 2 aromatic carbocycles. The van der Waals surface area contributed by atoms with Crippen molar-refractivity contribution in [3.05, 3.63) is 71.8 Å². The summed E-state index contributed by atoms with van der Waals surface area (Å²) in [5.74, 6) is 0. The van der Waals surface area contributed by atoms with Gasteiger partial charge in [-0.25, -0.2) is 0 Å². The van der Waals surface area contributed by atoms with E-state index in [1.807, 2.05) is 64.1 Å². The van der Waals surface area contributed by atoms with Gasteiger partial charge in [0, 0.05) is 11.1 Å². The van der Waals surface area contributed by atoms with Gasteiger partial charge in [-0.05, 0) is 62.5 Å². The maximum absolute atomic E-state index is 13.1. The normalized spacial score (nSPS) is 13.9. The molecule has 0 fully saturated rings. The number of nitrogens with one attached hydrogen (secondary N) is 2. The molecule has 0 unspecified atom stereocenters. The van der Waals surface area contributed by atoms with Gasteiger partial charge in [0.1, 0.15) is 0 Å². The van der Waals surface area contributed by atoms with Crippen LogP contribution in [-0.2, 0) is 21.0 Å². The van der Waals surface area contributed by atoms with Crippen LogP contribution < -0.4 is 9.44 Å². The Morgan fingerprint density at radius 3 is 1.16 bits per heavy atom. The van der Waals surface area contributed by atoms with Crippen molar-refractivity contribution >= 4 is 10.2 Å². The van der Waals surface area contributed by atoms with Crippen molar-refractivity contribution in [2.24, 2.45) is 0 Å². The second-order valence-corrected chi connectivity index (χ2v) is 12.7. The molecule has 172 valence electrons. The second-order valence-electron chi connectivity index (χ2n) is 11.3. The first-order chi connectivity index (χ1) is 14.0. The van der Waals surface area contributed by atoms with Gasteiger partial charge in [-0.3, -0.25) is 0 Å². The van der Waals surface area contributed by atoms with E-state index in [0.29, 0.717) is 12.8 Å². The molecule has 0 bridgehead atoms. The van der Waals surface area contributed by atoms with E-state index >= 15 is 0 Å². The van der Waals surface area contributed by atoms with Gasteiger partial charge in [-0.2, -0.15) is 17.9 Å². The van der Waals surface area contributed by atoms with E-state index in [0.717, 1.165) is 0 Å². The Morgan fingerprint density at radius 2 is 0.871 bits per heavy atom. The van der Waals surface area contributed by atoms with E-state index in [4.69, 9.17) is 0 Å². The van der Waals surface area contributed by atoms with Gasteiger partial charge < -0.3 is 0 Å². The minimum absolute atomic E-state index is 0.169. The molecular weight excluding hydrogens is 404 g/mol. The zero-order chi connectivity index (χ0) is 23.6. The van der Waals surface area contributed by atoms with E-state index in [1.165, 1.54) is 11.1 Å². The smallest absolute Gasteiger partial charge is 0.197 e. The minimum Gasteiger partial charge on any atom is -0.197 e. The highest BCUT2D eigenvalue weighted by Crippen LogP contribution is 2.34. The third-order valence-electron chi connectivity index (χ3n) is 5.70. The van der Waals surface area contributed by atoms with Gasteiger partial charge in [0.15, 0.2) is 0 Å². The molecule has 2 rings (SSSR count). The fraction of sp³-hybridized carbons (Fsp3) is 0.538. The van der Waals surface area contributed by atoms with Crippen molar-refractivity contribution < 1.29 is 8.42 Å². The van der Waals surface area contributed by atoms with E-state index in [1.54, 1.807) is 0 Å². The maximum atomic E-state index is 13.1. The molecule has 0 amide bonds. The van der Waals surface area contributed by atoms with Gasteiger partial charge in [0.25, 0.3) is 10.2 Å². The summed E-state index contributed by atoms with van der Waals surface area (Å²) in [6.07, 6.45) is 1.34. The van der Waals surface area contributed by atoms with Crippen LogP contribution in [0.2, 0.25) is 0 Å². The van der Waals surface area contributed by atoms with E-state index in [2.05, 4.69) is 61.4 Å². The van der Waals surface area contributed by atoms with Crippen molar-refractivity contribution in [3.63, 3.8) is 0 Å². The summed E-state index contributed by atoms with van der Waals surface area (Å²) in [7, 11) is -3.71. The molecule has 0 heterocycles. The topological polar surface area (TPSA) is 58.2 Å². The Kier molecular flexibility index (Phi) is 7.46. The third-order valence-corrected chi connectivity index (χ3v) is 7.34. The average Bonchev–Trinajstić information content (AvgIpc) is 2.59. The molecule has 0 aliphatic carbocycles. The summed E-state index contributed by atoms with van der Waals surface area (Å²) in [4.78, 5) is 0. The van der Waals surface area contributed by atoms with Crippen LogP contribution in [0.4, 0.5) is 0 Å². The Bertz CT molecular complexity index is 874. The van der Waals surface area contributed by atoms with E-state index in [-0.39, 0.29) is 10.8 Å². The van der Waals surface area contributed by atoms with Crippen LogP contribution in [-0.4, -0.2) is 19.5 Å². The predicted octanol–water partition coefficient (Wildman–Crippen LogP) is 5.70. The summed E-state index contributed by atoms with van der Waals surface area (Å²) in [5, 5.41) is 0. The molecule has 0 saturated carbocycles. The highest BCUT2D eigenvalue weighted by molar-refractivity contribution is 7.87. The van der Waals surface area contributed by atoms with Gasteiger partial charge in [-0.1, -0.05) is 88.4 Å². The molecule has 5 heteroatoms. The molecular formula is C26H40N2O2S. The molecule has 0 aliphatic rings. The molecule has 0 aromatic heterocycles. The Labute approximate surface area is 190 Å². The van der Waals surface area contributed by atoms with Gasteiger partial charge in [0.2, 0.25) is 0 Å². The van der Waals surface area contributed by atoms with Crippen LogP contribution >= 0.6 is 0 Å². The summed E-state index contributed by atoms with van der Waals surface area (Å²) < 4.78 is 32.0. The standard InChI is InChI=1S/C26H40N2O2S/c1-23(2,21-15-11-9-12-16-21)19-25(5,6)27-31(29,30)28-26(7,8)20-24(3,4)22-17-13-10-14-18-22/h9-18,27-28H,19-20H2,1-8H3. The average molecular weight is 445 g/mol. The number of rotatable bonds is 10. The van der Waals surface area contributed by atoms with Crippen molar-refractivity contribution in [1.29, 1.82) is 0 Å². The zero-order valence-electron chi connectivity index (χ0n) is 20.4. The fourth-order valence-electron chi connectivity index (χ4n) is 5.02. The largest absolute Gasteiger partial charge is 0.277 e. The lowest BCUT2D eigenvalue weighted by Crippen LogP contribution is -2.56. The zero-order valence-corrected chi connectivity index (χ0v) is 21.2. The molecule has 2 N–H and O–H groups in total. The molecule has 4 nitrogen and oxygen atoms in total. The Hall–Kier alpha value is -1.69. The van der Waals surface area contributed by atoms with Crippen molar-refractivity contribution in [2.75, 3.05) is 0 Å². The second kappa shape index (κ2) is 9.05. The number of hydrogen-bond donors (Lipinski definition) is 2. The first-order valence-electron chi connectivity index (χ1n) is 11.0. The molecule has 0 saturated heterocycles. The lowest BCUT2D eigenvalue weighted by atomic mass is 9.75. The van der Waals surface area contributed by atoms with Gasteiger partial charge in [-0.15, -0.1) is 0 Å². The fourth-order valence-corrected chi connectivity index (χ4v) is 6.67. The SMILES string of the molecule is CC(C)(CC(C)(C)c1ccccc1)NS(=O)(=O)NC(C)(C)CC(C)(C)c1ccccc1. The maximum Gasteiger partial charge on any atom is 0.277 e. The lowest BCUT2D eigenvalue weighted by Gasteiger charge is -2.39. The van der Waals surface area contributed by atoms with Crippen LogP contribution in [0.3, 0.4) is 0 Å². The third kappa shape index (κ3) is 7.74. The van der Waals surface area contributed by atoms with Crippen molar-refractivity contribution in [3.8, 4) is 0 Å². The van der Waals surface area contributed by atoms with Crippen LogP contribution in [0.25, 0.3) is 0 Å². The molecule has 31 heavy (non-hydrogen) atoms. The quantitative estimate of drug-likeness (QED) is 0.493. The summed E-state index contributed by atoms with van der Waals surface area (Å²) in [5.41, 5.74) is 0.822. The van der Waals surface area contributed by atoms with Gasteiger partial charge in [0.05, 0.1) is 0 Å². The van der Waals surface area contributed by atoms with Gasteiger partial charge >= 0.3 is 0 Å².